The SMILES string of the molecule is CC(=O)CN(C)C(=O)C(C)(C)C. The molecule has 0 aromatic rings. The van der Waals surface area contributed by atoms with Crippen LogP contribution in [0.5, 0.6) is 0 Å². The van der Waals surface area contributed by atoms with Crippen LogP contribution < -0.4 is 0 Å². The Morgan fingerprint density at radius 1 is 1.25 bits per heavy atom. The summed E-state index contributed by atoms with van der Waals surface area (Å²) in [5.74, 6) is 0.00722. The summed E-state index contributed by atoms with van der Waals surface area (Å²) >= 11 is 0. The van der Waals surface area contributed by atoms with Crippen LogP contribution in [0.15, 0.2) is 0 Å². The fourth-order valence-electron chi connectivity index (χ4n) is 0.978. The van der Waals surface area contributed by atoms with Gasteiger partial charge in [-0.05, 0) is 6.92 Å². The highest BCUT2D eigenvalue weighted by atomic mass is 16.2. The van der Waals surface area contributed by atoms with Crippen molar-refractivity contribution in [2.24, 2.45) is 5.41 Å². The van der Waals surface area contributed by atoms with Crippen molar-refractivity contribution in [2.45, 2.75) is 27.7 Å². The second kappa shape index (κ2) is 3.70. The molecule has 0 saturated carbocycles. The summed E-state index contributed by atoms with van der Waals surface area (Å²) in [6.07, 6.45) is 0. The van der Waals surface area contributed by atoms with E-state index in [1.807, 2.05) is 20.8 Å². The first-order valence-corrected chi connectivity index (χ1v) is 4.00. The minimum atomic E-state index is -0.399. The molecule has 0 bridgehead atoms. The van der Waals surface area contributed by atoms with E-state index >= 15 is 0 Å². The number of Topliss-reactive ketones (excluding diaryl/α,β-unsaturated/α-hetero) is 1. The Hall–Kier alpha value is -0.860. The normalized spacial score (nSPS) is 11.1. The van der Waals surface area contributed by atoms with Crippen LogP contribution in [-0.2, 0) is 9.59 Å². The molecule has 0 fully saturated rings. The number of rotatable bonds is 2. The van der Waals surface area contributed by atoms with E-state index in [1.54, 1.807) is 7.05 Å². The minimum Gasteiger partial charge on any atom is -0.338 e. The highest BCUT2D eigenvalue weighted by molar-refractivity contribution is 5.86. The molecule has 0 unspecified atom stereocenters. The van der Waals surface area contributed by atoms with Crippen LogP contribution in [0.1, 0.15) is 27.7 Å². The lowest BCUT2D eigenvalue weighted by atomic mass is 9.95. The van der Waals surface area contributed by atoms with Crippen LogP contribution in [0.4, 0.5) is 0 Å². The summed E-state index contributed by atoms with van der Waals surface area (Å²) in [6, 6.07) is 0. The van der Waals surface area contributed by atoms with E-state index in [4.69, 9.17) is 0 Å². The summed E-state index contributed by atoms with van der Waals surface area (Å²) in [4.78, 5) is 23.6. The molecule has 70 valence electrons. The van der Waals surface area contributed by atoms with Crippen LogP contribution in [0.25, 0.3) is 0 Å². The number of hydrogen-bond donors (Lipinski definition) is 0. The number of nitrogens with zero attached hydrogens (tertiary/aromatic N) is 1. The number of hydrogen-bond acceptors (Lipinski definition) is 2. The van der Waals surface area contributed by atoms with Gasteiger partial charge >= 0.3 is 0 Å². The average Bonchev–Trinajstić information content (AvgIpc) is 1.82. The van der Waals surface area contributed by atoms with Gasteiger partial charge < -0.3 is 4.90 Å². The van der Waals surface area contributed by atoms with Crippen molar-refractivity contribution in [1.82, 2.24) is 4.90 Å². The van der Waals surface area contributed by atoms with Crippen molar-refractivity contribution in [3.63, 3.8) is 0 Å². The summed E-state index contributed by atoms with van der Waals surface area (Å²) in [5, 5.41) is 0. The van der Waals surface area contributed by atoms with Gasteiger partial charge in [-0.1, -0.05) is 20.8 Å². The molecule has 0 rings (SSSR count). The highest BCUT2D eigenvalue weighted by Crippen LogP contribution is 2.15. The summed E-state index contributed by atoms with van der Waals surface area (Å²) < 4.78 is 0. The third-order valence-corrected chi connectivity index (χ3v) is 1.45. The largest absolute Gasteiger partial charge is 0.338 e. The molecule has 0 N–H and O–H groups in total. The number of carbonyl (C=O) groups is 2. The lowest BCUT2D eigenvalue weighted by Gasteiger charge is -2.24. The van der Waals surface area contributed by atoms with Crippen LogP contribution >= 0.6 is 0 Å². The summed E-state index contributed by atoms with van der Waals surface area (Å²) in [6.45, 7) is 7.20. The molecule has 0 heterocycles. The standard InChI is InChI=1S/C9H17NO2/c1-7(11)6-10(5)8(12)9(2,3)4/h6H2,1-5H3. The Labute approximate surface area is 73.7 Å². The maximum Gasteiger partial charge on any atom is 0.228 e. The van der Waals surface area contributed by atoms with Gasteiger partial charge in [-0.25, -0.2) is 0 Å². The van der Waals surface area contributed by atoms with Gasteiger partial charge in [0.15, 0.2) is 0 Å². The second-order valence-corrected chi connectivity index (χ2v) is 4.11. The van der Waals surface area contributed by atoms with E-state index < -0.39 is 5.41 Å². The average molecular weight is 171 g/mol. The van der Waals surface area contributed by atoms with Gasteiger partial charge in [-0.15, -0.1) is 0 Å². The fraction of sp³-hybridized carbons (Fsp3) is 0.778. The first kappa shape index (κ1) is 11.1. The molecule has 0 saturated heterocycles. The first-order valence-electron chi connectivity index (χ1n) is 4.00. The Morgan fingerprint density at radius 2 is 1.67 bits per heavy atom. The van der Waals surface area contributed by atoms with E-state index in [0.717, 1.165) is 0 Å². The van der Waals surface area contributed by atoms with Crippen molar-refractivity contribution in [3.05, 3.63) is 0 Å². The molecule has 0 aliphatic rings. The zero-order chi connectivity index (χ0) is 9.94. The van der Waals surface area contributed by atoms with Gasteiger partial charge in [0.2, 0.25) is 5.91 Å². The molecule has 0 radical (unpaired) electrons. The highest BCUT2D eigenvalue weighted by Gasteiger charge is 2.25. The third kappa shape index (κ3) is 3.51. The van der Waals surface area contributed by atoms with Crippen molar-refractivity contribution >= 4 is 11.7 Å². The lowest BCUT2D eigenvalue weighted by Crippen LogP contribution is -2.39. The van der Waals surface area contributed by atoms with E-state index in [9.17, 15) is 9.59 Å². The Balaban J connectivity index is 4.21. The molecule has 0 spiro atoms. The van der Waals surface area contributed by atoms with Crippen LogP contribution in [0.3, 0.4) is 0 Å². The van der Waals surface area contributed by atoms with Crippen molar-refractivity contribution in [2.75, 3.05) is 13.6 Å². The third-order valence-electron chi connectivity index (χ3n) is 1.45. The summed E-state index contributed by atoms with van der Waals surface area (Å²) in [7, 11) is 1.65. The zero-order valence-electron chi connectivity index (χ0n) is 8.47. The van der Waals surface area contributed by atoms with E-state index in [1.165, 1.54) is 11.8 Å². The monoisotopic (exact) mass is 171 g/mol. The van der Waals surface area contributed by atoms with Crippen molar-refractivity contribution < 1.29 is 9.59 Å². The molecule has 12 heavy (non-hydrogen) atoms. The van der Waals surface area contributed by atoms with E-state index in [2.05, 4.69) is 0 Å². The van der Waals surface area contributed by atoms with Crippen LogP contribution in [0, 0.1) is 5.41 Å². The molecule has 0 atom stereocenters. The molecule has 0 aliphatic heterocycles. The second-order valence-electron chi connectivity index (χ2n) is 4.11. The number of ketones is 1. The molecule has 1 amide bonds. The Kier molecular flexibility index (Phi) is 3.43. The maximum absolute atomic E-state index is 11.5. The predicted molar refractivity (Wildman–Crippen MR) is 47.8 cm³/mol. The first-order chi connectivity index (χ1) is 5.25. The predicted octanol–water partition coefficient (Wildman–Crippen LogP) is 1.08. The van der Waals surface area contributed by atoms with Gasteiger partial charge in [0, 0.05) is 12.5 Å². The molecule has 0 aromatic carbocycles. The van der Waals surface area contributed by atoms with E-state index in [-0.39, 0.29) is 18.2 Å². The molecule has 0 aliphatic carbocycles. The summed E-state index contributed by atoms with van der Waals surface area (Å²) in [5.41, 5.74) is -0.399. The van der Waals surface area contributed by atoms with Gasteiger partial charge in [0.05, 0.1) is 6.54 Å². The Bertz CT molecular complexity index is 191. The fourth-order valence-corrected chi connectivity index (χ4v) is 0.978. The molecular formula is C9H17NO2. The smallest absolute Gasteiger partial charge is 0.228 e. The van der Waals surface area contributed by atoms with Crippen molar-refractivity contribution in [3.8, 4) is 0 Å². The van der Waals surface area contributed by atoms with Crippen molar-refractivity contribution in [1.29, 1.82) is 0 Å². The molecular weight excluding hydrogens is 154 g/mol. The number of likely N-dealkylation sites (N-methyl/N-ethyl adjacent to an activating group) is 1. The zero-order valence-corrected chi connectivity index (χ0v) is 8.47. The van der Waals surface area contributed by atoms with Gasteiger partial charge in [0.1, 0.15) is 5.78 Å². The van der Waals surface area contributed by atoms with Gasteiger partial charge in [-0.2, -0.15) is 0 Å². The minimum absolute atomic E-state index is 0.00213. The van der Waals surface area contributed by atoms with Gasteiger partial charge in [-0.3, -0.25) is 9.59 Å². The number of carbonyl (C=O) groups excluding carboxylic acids is 2. The number of amides is 1. The Morgan fingerprint density at radius 3 is 1.92 bits per heavy atom. The van der Waals surface area contributed by atoms with E-state index in [0.29, 0.717) is 0 Å². The maximum atomic E-state index is 11.5. The molecule has 3 heteroatoms. The molecule has 3 nitrogen and oxygen atoms in total. The molecule has 0 aromatic heterocycles. The quantitative estimate of drug-likeness (QED) is 0.623. The van der Waals surface area contributed by atoms with Crippen LogP contribution in [-0.4, -0.2) is 30.2 Å². The van der Waals surface area contributed by atoms with Crippen LogP contribution in [0.2, 0.25) is 0 Å². The topological polar surface area (TPSA) is 37.4 Å². The van der Waals surface area contributed by atoms with Gasteiger partial charge in [0.25, 0.3) is 0 Å². The lowest BCUT2D eigenvalue weighted by molar-refractivity contribution is -0.140.